The summed E-state index contributed by atoms with van der Waals surface area (Å²) in [6.45, 7) is 4.34. The van der Waals surface area contributed by atoms with Crippen molar-refractivity contribution in [2.45, 2.75) is 26.2 Å². The van der Waals surface area contributed by atoms with E-state index in [0.29, 0.717) is 0 Å². The Hall–Kier alpha value is -0.490. The molecule has 0 heterocycles. The maximum atomic E-state index is 5.83. The van der Waals surface area contributed by atoms with Crippen molar-refractivity contribution in [2.75, 3.05) is 5.88 Å². The average molecular weight is 195 g/mol. The Kier molecular flexibility index (Phi) is 2.33. The first-order valence-corrected chi connectivity index (χ1v) is 5.39. The average Bonchev–Trinajstić information content (AvgIpc) is 2.83. The van der Waals surface area contributed by atoms with E-state index in [0.717, 1.165) is 17.7 Å². The van der Waals surface area contributed by atoms with E-state index in [2.05, 4.69) is 32.0 Å². The van der Waals surface area contributed by atoms with Gasteiger partial charge < -0.3 is 0 Å². The van der Waals surface area contributed by atoms with Crippen LogP contribution in [0.25, 0.3) is 0 Å². The molecule has 0 amide bonds. The van der Waals surface area contributed by atoms with Crippen LogP contribution in [0.15, 0.2) is 18.2 Å². The predicted molar refractivity (Wildman–Crippen MR) is 57.5 cm³/mol. The number of benzene rings is 1. The van der Waals surface area contributed by atoms with Gasteiger partial charge in [-0.1, -0.05) is 23.8 Å². The first-order valence-electron chi connectivity index (χ1n) is 4.85. The Morgan fingerprint density at radius 2 is 2.15 bits per heavy atom. The normalized spacial score (nSPS) is 26.1. The quantitative estimate of drug-likeness (QED) is 0.631. The second-order valence-electron chi connectivity index (χ2n) is 4.12. The minimum atomic E-state index is 0.739. The van der Waals surface area contributed by atoms with E-state index in [1.165, 1.54) is 23.1 Å². The van der Waals surface area contributed by atoms with Gasteiger partial charge in [-0.15, -0.1) is 11.6 Å². The molecule has 0 spiro atoms. The lowest BCUT2D eigenvalue weighted by molar-refractivity contribution is 0.916. The van der Waals surface area contributed by atoms with E-state index in [1.54, 1.807) is 0 Å². The Labute approximate surface area is 84.9 Å². The summed E-state index contributed by atoms with van der Waals surface area (Å²) in [5.74, 6) is 2.30. The Balaban J connectivity index is 2.22. The van der Waals surface area contributed by atoms with Gasteiger partial charge in [0.25, 0.3) is 0 Å². The highest BCUT2D eigenvalue weighted by Gasteiger charge is 2.37. The van der Waals surface area contributed by atoms with Crippen LogP contribution in [0.3, 0.4) is 0 Å². The Morgan fingerprint density at radius 3 is 2.69 bits per heavy atom. The second kappa shape index (κ2) is 3.34. The van der Waals surface area contributed by atoms with Gasteiger partial charge in [0.1, 0.15) is 0 Å². The van der Waals surface area contributed by atoms with Crippen molar-refractivity contribution < 1.29 is 0 Å². The molecule has 1 heteroatoms. The third kappa shape index (κ3) is 1.73. The fourth-order valence-corrected chi connectivity index (χ4v) is 2.38. The first-order chi connectivity index (χ1) is 6.22. The van der Waals surface area contributed by atoms with Crippen LogP contribution in [-0.4, -0.2) is 5.88 Å². The molecule has 13 heavy (non-hydrogen) atoms. The molecule has 0 aliphatic heterocycles. The summed E-state index contributed by atoms with van der Waals surface area (Å²) < 4.78 is 0. The second-order valence-corrected chi connectivity index (χ2v) is 4.43. The zero-order valence-corrected chi connectivity index (χ0v) is 8.93. The Bertz CT molecular complexity index is 317. The van der Waals surface area contributed by atoms with Crippen molar-refractivity contribution in [1.82, 2.24) is 0 Å². The molecule has 1 aromatic rings. The highest BCUT2D eigenvalue weighted by molar-refractivity contribution is 6.18. The van der Waals surface area contributed by atoms with Gasteiger partial charge in [-0.3, -0.25) is 0 Å². The predicted octanol–water partition coefficient (Wildman–Crippen LogP) is 3.65. The van der Waals surface area contributed by atoms with Crippen LogP contribution in [-0.2, 0) is 0 Å². The molecule has 0 N–H and O–H groups in total. The smallest absolute Gasteiger partial charge is 0.0257 e. The minimum absolute atomic E-state index is 0.739. The van der Waals surface area contributed by atoms with Gasteiger partial charge in [-0.25, -0.2) is 0 Å². The van der Waals surface area contributed by atoms with Gasteiger partial charge in [0, 0.05) is 5.88 Å². The van der Waals surface area contributed by atoms with Crippen LogP contribution in [0.2, 0.25) is 0 Å². The van der Waals surface area contributed by atoms with Gasteiger partial charge in [0.05, 0.1) is 0 Å². The van der Waals surface area contributed by atoms with Crippen LogP contribution in [0, 0.1) is 19.8 Å². The summed E-state index contributed by atoms with van der Waals surface area (Å²) in [5, 5.41) is 0. The zero-order chi connectivity index (χ0) is 9.42. The van der Waals surface area contributed by atoms with Crippen LogP contribution in [0.4, 0.5) is 0 Å². The largest absolute Gasteiger partial charge is 0.126 e. The van der Waals surface area contributed by atoms with Gasteiger partial charge in [-0.2, -0.15) is 0 Å². The van der Waals surface area contributed by atoms with Gasteiger partial charge >= 0.3 is 0 Å². The van der Waals surface area contributed by atoms with Crippen molar-refractivity contribution in [3.8, 4) is 0 Å². The van der Waals surface area contributed by atoms with Crippen LogP contribution < -0.4 is 0 Å². The molecule has 0 aromatic heterocycles. The lowest BCUT2D eigenvalue weighted by Gasteiger charge is -2.05. The standard InChI is InChI=1S/C12H15Cl/c1-8-3-4-11(9(2)5-8)12-6-10(12)7-13/h3-5,10,12H,6-7H2,1-2H3. The molecular formula is C12H15Cl. The zero-order valence-electron chi connectivity index (χ0n) is 8.18. The summed E-state index contributed by atoms with van der Waals surface area (Å²) in [5.41, 5.74) is 4.29. The fourth-order valence-electron chi connectivity index (χ4n) is 2.04. The summed E-state index contributed by atoms with van der Waals surface area (Å²) in [6.07, 6.45) is 1.29. The van der Waals surface area contributed by atoms with Crippen LogP contribution in [0.1, 0.15) is 29.0 Å². The number of hydrogen-bond acceptors (Lipinski definition) is 0. The molecule has 1 aliphatic rings. The summed E-state index contributed by atoms with van der Waals surface area (Å²) in [7, 11) is 0. The van der Waals surface area contributed by atoms with Crippen molar-refractivity contribution in [2.24, 2.45) is 5.92 Å². The number of halogens is 1. The first kappa shape index (κ1) is 9.08. The lowest BCUT2D eigenvalue weighted by atomic mass is 10.0. The van der Waals surface area contributed by atoms with Crippen molar-refractivity contribution in [3.05, 3.63) is 34.9 Å². The molecule has 0 nitrogen and oxygen atoms in total. The van der Waals surface area contributed by atoms with Crippen molar-refractivity contribution >= 4 is 11.6 Å². The molecule has 70 valence electrons. The summed E-state index contributed by atoms with van der Waals surface area (Å²) in [4.78, 5) is 0. The summed E-state index contributed by atoms with van der Waals surface area (Å²) >= 11 is 5.83. The Morgan fingerprint density at radius 1 is 1.38 bits per heavy atom. The van der Waals surface area contributed by atoms with E-state index >= 15 is 0 Å². The van der Waals surface area contributed by atoms with Crippen LogP contribution in [0.5, 0.6) is 0 Å². The number of rotatable bonds is 2. The van der Waals surface area contributed by atoms with E-state index in [1.807, 2.05) is 0 Å². The van der Waals surface area contributed by atoms with E-state index in [9.17, 15) is 0 Å². The van der Waals surface area contributed by atoms with E-state index in [-0.39, 0.29) is 0 Å². The van der Waals surface area contributed by atoms with Gasteiger partial charge in [-0.05, 0) is 43.2 Å². The number of aryl methyl sites for hydroxylation is 2. The lowest BCUT2D eigenvalue weighted by Crippen LogP contribution is -1.89. The maximum absolute atomic E-state index is 5.83. The molecular weight excluding hydrogens is 180 g/mol. The third-order valence-corrected chi connectivity index (χ3v) is 3.34. The molecule has 0 bridgehead atoms. The van der Waals surface area contributed by atoms with Crippen LogP contribution >= 0.6 is 11.6 Å². The van der Waals surface area contributed by atoms with Gasteiger partial charge in [0.2, 0.25) is 0 Å². The van der Waals surface area contributed by atoms with E-state index in [4.69, 9.17) is 11.6 Å². The van der Waals surface area contributed by atoms with Crippen molar-refractivity contribution in [3.63, 3.8) is 0 Å². The number of hydrogen-bond donors (Lipinski definition) is 0. The molecule has 2 rings (SSSR count). The molecule has 1 saturated carbocycles. The SMILES string of the molecule is Cc1ccc(C2CC2CCl)c(C)c1. The summed E-state index contributed by atoms with van der Waals surface area (Å²) in [6, 6.07) is 6.73. The molecule has 1 fully saturated rings. The molecule has 1 aromatic carbocycles. The topological polar surface area (TPSA) is 0 Å². The molecule has 0 saturated heterocycles. The highest BCUT2D eigenvalue weighted by atomic mass is 35.5. The maximum Gasteiger partial charge on any atom is 0.0257 e. The molecule has 0 radical (unpaired) electrons. The minimum Gasteiger partial charge on any atom is -0.126 e. The third-order valence-electron chi connectivity index (χ3n) is 2.95. The highest BCUT2D eigenvalue weighted by Crippen LogP contribution is 2.48. The molecule has 2 unspecified atom stereocenters. The molecule has 1 aliphatic carbocycles. The van der Waals surface area contributed by atoms with E-state index < -0.39 is 0 Å². The molecule has 2 atom stereocenters. The van der Waals surface area contributed by atoms with Crippen molar-refractivity contribution in [1.29, 1.82) is 0 Å². The van der Waals surface area contributed by atoms with Gasteiger partial charge in [0.15, 0.2) is 0 Å². The monoisotopic (exact) mass is 194 g/mol. The number of alkyl halides is 1. The fraction of sp³-hybridized carbons (Fsp3) is 0.500.